The highest BCUT2D eigenvalue weighted by Crippen LogP contribution is 2.18. The zero-order valence-corrected chi connectivity index (χ0v) is 13.0. The third-order valence-corrected chi connectivity index (χ3v) is 4.15. The fourth-order valence-corrected chi connectivity index (χ4v) is 2.41. The van der Waals surface area contributed by atoms with Gasteiger partial charge < -0.3 is 5.32 Å². The van der Waals surface area contributed by atoms with Crippen molar-refractivity contribution in [3.05, 3.63) is 35.2 Å². The number of carbonyl (C=O) groups excluding carboxylic acids is 1. The van der Waals surface area contributed by atoms with E-state index in [2.05, 4.69) is 5.32 Å². The Morgan fingerprint density at radius 3 is 2.68 bits per heavy atom. The molecule has 0 aromatic heterocycles. The number of rotatable bonds is 6. The van der Waals surface area contributed by atoms with Crippen molar-refractivity contribution >= 4 is 22.0 Å². The molecule has 1 rings (SSSR count). The quantitative estimate of drug-likeness (QED) is 0.606. The predicted molar refractivity (Wildman–Crippen MR) is 79.5 cm³/mol. The fraction of sp³-hybridized carbons (Fsp3) is 0.286. The maximum Gasteiger partial charge on any atom is 0.261 e. The van der Waals surface area contributed by atoms with Gasteiger partial charge in [-0.25, -0.2) is 17.5 Å². The second kappa shape index (κ2) is 7.68. The summed E-state index contributed by atoms with van der Waals surface area (Å²) in [6.45, 7) is 2.28. The van der Waals surface area contributed by atoms with Gasteiger partial charge in [-0.05, 0) is 37.2 Å². The van der Waals surface area contributed by atoms with E-state index in [4.69, 9.17) is 5.26 Å². The first-order valence-corrected chi connectivity index (χ1v) is 7.97. The number of halogens is 1. The molecule has 1 amide bonds. The van der Waals surface area contributed by atoms with E-state index in [0.717, 1.165) is 19.2 Å². The number of benzene rings is 1. The minimum atomic E-state index is -3.97. The molecule has 0 saturated carbocycles. The molecule has 6 nitrogen and oxygen atoms in total. The van der Waals surface area contributed by atoms with Crippen LogP contribution in [0.2, 0.25) is 0 Å². The molecule has 118 valence electrons. The predicted octanol–water partition coefficient (Wildman–Crippen LogP) is 1.17. The van der Waals surface area contributed by atoms with Crippen molar-refractivity contribution in [1.82, 2.24) is 10.0 Å². The fourth-order valence-electron chi connectivity index (χ4n) is 1.57. The van der Waals surface area contributed by atoms with Gasteiger partial charge in [0.05, 0.1) is 0 Å². The van der Waals surface area contributed by atoms with Crippen LogP contribution in [0.15, 0.2) is 28.7 Å². The zero-order valence-electron chi connectivity index (χ0n) is 12.2. The van der Waals surface area contributed by atoms with Gasteiger partial charge in [0, 0.05) is 6.54 Å². The van der Waals surface area contributed by atoms with E-state index in [0.29, 0.717) is 13.0 Å². The van der Waals surface area contributed by atoms with Crippen LogP contribution in [-0.4, -0.2) is 27.9 Å². The highest BCUT2D eigenvalue weighted by molar-refractivity contribution is 7.89. The van der Waals surface area contributed by atoms with Gasteiger partial charge in [-0.2, -0.15) is 5.26 Å². The van der Waals surface area contributed by atoms with Crippen molar-refractivity contribution in [3.63, 3.8) is 0 Å². The van der Waals surface area contributed by atoms with E-state index in [1.807, 2.05) is 11.6 Å². The summed E-state index contributed by atoms with van der Waals surface area (Å²) >= 11 is 0. The summed E-state index contributed by atoms with van der Waals surface area (Å²) in [4.78, 5) is 11.2. The van der Waals surface area contributed by atoms with Crippen LogP contribution in [0.3, 0.4) is 0 Å². The van der Waals surface area contributed by atoms with E-state index >= 15 is 0 Å². The molecule has 0 spiro atoms. The van der Waals surface area contributed by atoms with Gasteiger partial charge >= 0.3 is 0 Å². The summed E-state index contributed by atoms with van der Waals surface area (Å²) in [6.07, 6.45) is 1.92. The minimum Gasteiger partial charge on any atom is -0.351 e. The molecule has 8 heteroatoms. The SMILES string of the molecule is CCCNC(=O)/C(C#N)=C/c1ccc(F)c(S(=O)(=O)NC)c1. The lowest BCUT2D eigenvalue weighted by molar-refractivity contribution is -0.117. The average Bonchev–Trinajstić information content (AvgIpc) is 2.51. The molecule has 0 aliphatic carbocycles. The van der Waals surface area contributed by atoms with E-state index in [9.17, 15) is 17.6 Å². The van der Waals surface area contributed by atoms with Crippen molar-refractivity contribution in [2.45, 2.75) is 18.2 Å². The first-order chi connectivity index (χ1) is 10.4. The number of amides is 1. The van der Waals surface area contributed by atoms with Crippen molar-refractivity contribution in [2.75, 3.05) is 13.6 Å². The van der Waals surface area contributed by atoms with Crippen LogP contribution in [-0.2, 0) is 14.8 Å². The Balaban J connectivity index is 3.23. The summed E-state index contributed by atoms with van der Waals surface area (Å²) in [7, 11) is -2.80. The van der Waals surface area contributed by atoms with Gasteiger partial charge in [0.1, 0.15) is 22.4 Å². The topological polar surface area (TPSA) is 99.1 Å². The molecule has 2 N–H and O–H groups in total. The molecule has 1 aromatic carbocycles. The average molecular weight is 325 g/mol. The Morgan fingerprint density at radius 1 is 1.45 bits per heavy atom. The third-order valence-electron chi connectivity index (χ3n) is 2.73. The molecule has 0 fully saturated rings. The number of carbonyl (C=O) groups is 1. The molecular weight excluding hydrogens is 309 g/mol. The van der Waals surface area contributed by atoms with Crippen LogP contribution >= 0.6 is 0 Å². The number of sulfonamides is 1. The van der Waals surface area contributed by atoms with E-state index in [-0.39, 0.29) is 11.1 Å². The molecule has 0 radical (unpaired) electrons. The van der Waals surface area contributed by atoms with E-state index in [1.54, 1.807) is 6.07 Å². The molecule has 0 heterocycles. The number of nitrogens with one attached hydrogen (secondary N) is 2. The molecule has 0 saturated heterocycles. The van der Waals surface area contributed by atoms with Crippen molar-refractivity contribution in [1.29, 1.82) is 5.26 Å². The molecule has 0 atom stereocenters. The van der Waals surface area contributed by atoms with Gasteiger partial charge in [0.25, 0.3) is 5.91 Å². The maximum absolute atomic E-state index is 13.6. The second-order valence-corrected chi connectivity index (χ2v) is 6.18. The summed E-state index contributed by atoms with van der Waals surface area (Å²) in [6, 6.07) is 5.05. The number of hydrogen-bond donors (Lipinski definition) is 2. The van der Waals surface area contributed by atoms with Crippen LogP contribution in [0.1, 0.15) is 18.9 Å². The normalized spacial score (nSPS) is 11.8. The lowest BCUT2D eigenvalue weighted by atomic mass is 10.1. The Morgan fingerprint density at radius 2 is 2.14 bits per heavy atom. The van der Waals surface area contributed by atoms with Crippen molar-refractivity contribution in [2.24, 2.45) is 0 Å². The first kappa shape index (κ1) is 17.8. The molecule has 0 unspecified atom stereocenters. The standard InChI is InChI=1S/C14H16FN3O3S/c1-3-6-18-14(19)11(9-16)7-10-4-5-12(15)13(8-10)22(20,21)17-2/h4-5,7-8,17H,3,6H2,1-2H3,(H,18,19)/b11-7+. The smallest absolute Gasteiger partial charge is 0.261 e. The Hall–Kier alpha value is -2.24. The van der Waals surface area contributed by atoms with Crippen LogP contribution in [0.4, 0.5) is 4.39 Å². The van der Waals surface area contributed by atoms with Crippen LogP contribution < -0.4 is 10.0 Å². The van der Waals surface area contributed by atoms with Gasteiger partial charge in [0.2, 0.25) is 10.0 Å². The zero-order chi connectivity index (χ0) is 16.8. The summed E-state index contributed by atoms with van der Waals surface area (Å²) in [5.41, 5.74) is 0.0475. The summed E-state index contributed by atoms with van der Waals surface area (Å²) < 4.78 is 39.0. The lowest BCUT2D eigenvalue weighted by Crippen LogP contribution is -2.25. The Bertz CT molecular complexity index is 736. The van der Waals surface area contributed by atoms with Gasteiger partial charge in [-0.3, -0.25) is 4.79 Å². The van der Waals surface area contributed by atoms with Crippen LogP contribution in [0.5, 0.6) is 0 Å². The third kappa shape index (κ3) is 4.38. The molecule has 0 bridgehead atoms. The number of nitrogens with zero attached hydrogens (tertiary/aromatic N) is 1. The maximum atomic E-state index is 13.6. The minimum absolute atomic E-state index is 0.187. The Labute approximate surface area is 128 Å². The molecular formula is C14H16FN3O3S. The van der Waals surface area contributed by atoms with Crippen molar-refractivity contribution in [3.8, 4) is 6.07 Å². The molecule has 0 aliphatic heterocycles. The largest absolute Gasteiger partial charge is 0.351 e. The Kier molecular flexibility index (Phi) is 6.22. The monoisotopic (exact) mass is 325 g/mol. The molecule has 22 heavy (non-hydrogen) atoms. The highest BCUT2D eigenvalue weighted by atomic mass is 32.2. The lowest BCUT2D eigenvalue weighted by Gasteiger charge is -2.06. The summed E-state index contributed by atoms with van der Waals surface area (Å²) in [5.74, 6) is -1.48. The number of hydrogen-bond acceptors (Lipinski definition) is 4. The summed E-state index contributed by atoms with van der Waals surface area (Å²) in [5, 5.41) is 11.5. The number of nitriles is 1. The second-order valence-electron chi connectivity index (χ2n) is 4.32. The van der Waals surface area contributed by atoms with Crippen molar-refractivity contribution < 1.29 is 17.6 Å². The van der Waals surface area contributed by atoms with Gasteiger partial charge in [-0.15, -0.1) is 0 Å². The molecule has 0 aliphatic rings. The van der Waals surface area contributed by atoms with Crippen LogP contribution in [0, 0.1) is 17.1 Å². The van der Waals surface area contributed by atoms with E-state index in [1.165, 1.54) is 12.1 Å². The molecule has 1 aromatic rings. The first-order valence-electron chi connectivity index (χ1n) is 6.48. The van der Waals surface area contributed by atoms with Crippen LogP contribution in [0.25, 0.3) is 6.08 Å². The van der Waals surface area contributed by atoms with Gasteiger partial charge in [-0.1, -0.05) is 13.0 Å². The van der Waals surface area contributed by atoms with Gasteiger partial charge in [0.15, 0.2) is 0 Å². The highest BCUT2D eigenvalue weighted by Gasteiger charge is 2.17. The van der Waals surface area contributed by atoms with E-state index < -0.39 is 26.6 Å².